The molecule has 0 spiro atoms. The van der Waals surface area contributed by atoms with Crippen LogP contribution in [0.4, 0.5) is 0 Å². The predicted molar refractivity (Wildman–Crippen MR) is 105 cm³/mol. The van der Waals surface area contributed by atoms with Crippen molar-refractivity contribution in [1.82, 2.24) is 0 Å². The highest BCUT2D eigenvalue weighted by Crippen LogP contribution is 2.40. The monoisotopic (exact) mass is 326 g/mol. The zero-order valence-corrected chi connectivity index (χ0v) is 17.7. The molecule has 0 fully saturated rings. The summed E-state index contributed by atoms with van der Waals surface area (Å²) >= 11 is 0. The van der Waals surface area contributed by atoms with Crippen LogP contribution in [0.1, 0.15) is 41.5 Å². The van der Waals surface area contributed by atoms with Gasteiger partial charge in [-0.2, -0.15) is 0 Å². The summed E-state index contributed by atoms with van der Waals surface area (Å²) < 4.78 is 0. The van der Waals surface area contributed by atoms with E-state index in [9.17, 15) is 0 Å². The Morgan fingerprint density at radius 1 is 0.500 bits per heavy atom. The maximum Gasteiger partial charge on any atom is 0.147 e. The molecule has 0 saturated heterocycles. The summed E-state index contributed by atoms with van der Waals surface area (Å²) in [5.41, 5.74) is 8.67. The zero-order chi connectivity index (χ0) is 17.4. The van der Waals surface area contributed by atoms with Crippen molar-refractivity contribution >= 4 is 16.1 Å². The van der Waals surface area contributed by atoms with Gasteiger partial charge in [0.15, 0.2) is 0 Å². The molecule has 0 bridgehead atoms. The van der Waals surface area contributed by atoms with Crippen molar-refractivity contribution in [2.45, 2.75) is 77.8 Å². The second kappa shape index (κ2) is 8.96. The maximum atomic E-state index is 3.57. The van der Waals surface area contributed by atoms with Gasteiger partial charge in [0.1, 0.15) is 16.1 Å². The Labute approximate surface area is 140 Å². The lowest BCUT2D eigenvalue weighted by Gasteiger charge is -2.37. The van der Waals surface area contributed by atoms with Crippen LogP contribution in [0.3, 0.4) is 0 Å². The van der Waals surface area contributed by atoms with Crippen molar-refractivity contribution in [2.24, 2.45) is 0 Å². The zero-order valence-electron chi connectivity index (χ0n) is 15.7. The average Bonchev–Trinajstić information content (AvgIpc) is 2.34. The molecule has 0 saturated carbocycles. The van der Waals surface area contributed by atoms with E-state index in [0.717, 1.165) is 0 Å². The van der Waals surface area contributed by atoms with Gasteiger partial charge in [0.25, 0.3) is 0 Å². The van der Waals surface area contributed by atoms with Gasteiger partial charge in [0.2, 0.25) is 0 Å². The molecule has 0 aromatic heterocycles. The summed E-state index contributed by atoms with van der Waals surface area (Å²) in [5, 5.41) is 0. The van der Waals surface area contributed by atoms with Gasteiger partial charge in [-0.1, -0.05) is 61.2 Å². The van der Waals surface area contributed by atoms with Crippen LogP contribution in [-0.2, 0) is 0 Å². The van der Waals surface area contributed by atoms with Crippen LogP contribution < -0.4 is 0 Å². The van der Waals surface area contributed by atoms with Crippen LogP contribution in [0.25, 0.3) is 0 Å². The SMILES string of the molecule is CC(C)[Si](C#CC#CC#CC#C[Si](C)(C)C)(C(C)C)C(C)C. The first kappa shape index (κ1) is 20.7. The molecule has 118 valence electrons. The molecule has 0 heterocycles. The molecule has 0 nitrogen and oxygen atoms in total. The lowest BCUT2D eigenvalue weighted by molar-refractivity contribution is 0.838. The van der Waals surface area contributed by atoms with Crippen LogP contribution in [0.2, 0.25) is 36.3 Å². The molecule has 0 rings (SSSR count). The van der Waals surface area contributed by atoms with Gasteiger partial charge < -0.3 is 0 Å². The first-order valence-electron chi connectivity index (χ1n) is 8.08. The fourth-order valence-corrected chi connectivity index (χ4v) is 8.50. The van der Waals surface area contributed by atoms with Crippen molar-refractivity contribution < 1.29 is 0 Å². The minimum absolute atomic E-state index is 0.635. The molecule has 0 aliphatic carbocycles. The third-order valence-corrected chi connectivity index (χ3v) is 11.1. The molecule has 0 atom stereocenters. The third kappa shape index (κ3) is 6.62. The van der Waals surface area contributed by atoms with Crippen LogP contribution in [-0.4, -0.2) is 16.1 Å². The fraction of sp³-hybridized carbons (Fsp3) is 0.600. The van der Waals surface area contributed by atoms with E-state index in [-0.39, 0.29) is 0 Å². The van der Waals surface area contributed by atoms with E-state index in [1.165, 1.54) is 0 Å². The lowest BCUT2D eigenvalue weighted by atomic mass is 10.5. The van der Waals surface area contributed by atoms with Crippen molar-refractivity contribution in [3.63, 3.8) is 0 Å². The van der Waals surface area contributed by atoms with E-state index < -0.39 is 16.1 Å². The van der Waals surface area contributed by atoms with E-state index >= 15 is 0 Å². The van der Waals surface area contributed by atoms with Crippen molar-refractivity contribution in [2.75, 3.05) is 0 Å². The average molecular weight is 327 g/mol. The molecule has 0 aromatic rings. The normalized spacial score (nSPS) is 10.7. The highest BCUT2D eigenvalue weighted by Gasteiger charge is 2.41. The van der Waals surface area contributed by atoms with E-state index in [0.29, 0.717) is 16.6 Å². The van der Waals surface area contributed by atoms with Crippen molar-refractivity contribution in [1.29, 1.82) is 0 Å². The smallest absolute Gasteiger partial charge is 0.118 e. The number of hydrogen-bond donors (Lipinski definition) is 0. The highest BCUT2D eigenvalue weighted by molar-refractivity contribution is 6.90. The predicted octanol–water partition coefficient (Wildman–Crippen LogP) is 5.10. The van der Waals surface area contributed by atoms with Gasteiger partial charge >= 0.3 is 0 Å². The highest BCUT2D eigenvalue weighted by atomic mass is 28.3. The van der Waals surface area contributed by atoms with Gasteiger partial charge in [-0.3, -0.25) is 0 Å². The fourth-order valence-electron chi connectivity index (χ4n) is 2.92. The van der Waals surface area contributed by atoms with Gasteiger partial charge in [-0.25, -0.2) is 0 Å². The molecule has 0 aromatic carbocycles. The second-order valence-corrected chi connectivity index (χ2v) is 18.0. The topological polar surface area (TPSA) is 0 Å². The quantitative estimate of drug-likeness (QED) is 0.500. The van der Waals surface area contributed by atoms with E-state index in [2.05, 4.69) is 108 Å². The van der Waals surface area contributed by atoms with Crippen molar-refractivity contribution in [3.8, 4) is 46.6 Å². The van der Waals surface area contributed by atoms with E-state index in [4.69, 9.17) is 0 Å². The Balaban J connectivity index is 5.20. The molecular weight excluding hydrogens is 296 g/mol. The summed E-state index contributed by atoms with van der Waals surface area (Å²) in [6.07, 6.45) is 0. The summed E-state index contributed by atoms with van der Waals surface area (Å²) in [4.78, 5) is 0. The van der Waals surface area contributed by atoms with E-state index in [1.807, 2.05) is 0 Å². The molecule has 22 heavy (non-hydrogen) atoms. The van der Waals surface area contributed by atoms with Gasteiger partial charge in [-0.05, 0) is 52.1 Å². The summed E-state index contributed by atoms with van der Waals surface area (Å²) in [6.45, 7) is 20.4. The Morgan fingerprint density at radius 3 is 1.14 bits per heavy atom. The van der Waals surface area contributed by atoms with E-state index in [1.54, 1.807) is 0 Å². The minimum atomic E-state index is -1.66. The Kier molecular flexibility index (Phi) is 8.42. The molecule has 0 N–H and O–H groups in total. The molecule has 0 unspecified atom stereocenters. The van der Waals surface area contributed by atoms with Gasteiger partial charge in [0.05, 0.1) is 0 Å². The van der Waals surface area contributed by atoms with Gasteiger partial charge in [0, 0.05) is 0 Å². The van der Waals surface area contributed by atoms with Crippen molar-refractivity contribution in [3.05, 3.63) is 0 Å². The van der Waals surface area contributed by atoms with Crippen LogP contribution in [0.5, 0.6) is 0 Å². The number of hydrogen-bond acceptors (Lipinski definition) is 0. The first-order valence-corrected chi connectivity index (χ1v) is 13.8. The maximum absolute atomic E-state index is 3.57. The summed E-state index contributed by atoms with van der Waals surface area (Å²) in [6, 6.07) is 0. The Morgan fingerprint density at radius 2 is 0.818 bits per heavy atom. The molecule has 2 heteroatoms. The van der Waals surface area contributed by atoms with Crippen LogP contribution in [0.15, 0.2) is 0 Å². The minimum Gasteiger partial charge on any atom is -0.118 e. The Bertz CT molecular complexity index is 578. The molecule has 0 amide bonds. The van der Waals surface area contributed by atoms with Gasteiger partial charge in [-0.15, -0.1) is 11.1 Å². The largest absolute Gasteiger partial charge is 0.147 e. The summed E-state index contributed by atoms with van der Waals surface area (Å²) in [5.74, 6) is 17.3. The third-order valence-electron chi connectivity index (χ3n) is 3.90. The van der Waals surface area contributed by atoms with Crippen LogP contribution in [0, 0.1) is 46.6 Å². The molecule has 0 radical (unpaired) electrons. The Hall–Kier alpha value is -1.33. The molecular formula is C20H30Si2. The molecule has 0 aliphatic rings. The standard InChI is InChI=1S/C20H30Si2/c1-18(2)22(19(3)4,20(5)6)17-15-13-11-10-12-14-16-21(7,8)9/h18-20H,1-9H3. The first-order chi connectivity index (χ1) is 10.0. The number of rotatable bonds is 3. The second-order valence-electron chi connectivity index (χ2n) is 7.65. The summed E-state index contributed by atoms with van der Waals surface area (Å²) in [7, 11) is -2.99. The van der Waals surface area contributed by atoms with Crippen LogP contribution >= 0.6 is 0 Å². The molecule has 0 aliphatic heterocycles. The lowest BCUT2D eigenvalue weighted by Crippen LogP contribution is -2.43.